The molecule has 2 aromatic heterocycles. The molecule has 1 N–H and O–H groups in total. The van der Waals surface area contributed by atoms with Crippen molar-refractivity contribution in [2.45, 2.75) is 13.0 Å². The number of fused-ring (bicyclic) bond motifs is 1. The Morgan fingerprint density at radius 1 is 1.30 bits per heavy atom. The molecule has 12 heteroatoms. The predicted molar refractivity (Wildman–Crippen MR) is 120 cm³/mol. The summed E-state index contributed by atoms with van der Waals surface area (Å²) < 4.78 is 23.1. The summed E-state index contributed by atoms with van der Waals surface area (Å²) in [7, 11) is -2.70. The van der Waals surface area contributed by atoms with Crippen LogP contribution in [0.25, 0.3) is 5.82 Å². The summed E-state index contributed by atoms with van der Waals surface area (Å²) >= 11 is 6.95. The number of rotatable bonds is 3. The summed E-state index contributed by atoms with van der Waals surface area (Å²) in [6.45, 7) is 1.86. The largest absolute Gasteiger partial charge is 0.283 e. The average Bonchev–Trinajstić information content (AvgIpc) is 3.18. The van der Waals surface area contributed by atoms with Gasteiger partial charge in [0.1, 0.15) is 34.2 Å². The van der Waals surface area contributed by atoms with Crippen molar-refractivity contribution in [2.75, 3.05) is 6.26 Å². The van der Waals surface area contributed by atoms with Gasteiger partial charge in [0.25, 0.3) is 0 Å². The van der Waals surface area contributed by atoms with Crippen LogP contribution in [0.1, 0.15) is 29.9 Å². The van der Waals surface area contributed by atoms with Crippen LogP contribution >= 0.6 is 31.9 Å². The summed E-state index contributed by atoms with van der Waals surface area (Å²) in [4.78, 5) is 13.3. The number of benzene rings is 1. The van der Waals surface area contributed by atoms with Gasteiger partial charge in [-0.3, -0.25) is 9.71 Å². The third kappa shape index (κ3) is 4.00. The van der Waals surface area contributed by atoms with Crippen LogP contribution in [0, 0.1) is 11.3 Å². The highest BCUT2D eigenvalue weighted by molar-refractivity contribution is 9.11. The minimum absolute atomic E-state index is 0.439. The van der Waals surface area contributed by atoms with Gasteiger partial charge in [-0.05, 0) is 47.1 Å². The molecule has 0 saturated heterocycles. The Morgan fingerprint density at radius 2 is 2.10 bits per heavy atom. The van der Waals surface area contributed by atoms with E-state index in [1.807, 2.05) is 25.1 Å². The first-order valence-electron chi connectivity index (χ1n) is 8.61. The van der Waals surface area contributed by atoms with Crippen molar-refractivity contribution >= 4 is 53.3 Å². The second-order valence-corrected chi connectivity index (χ2v) is 10.2. The maximum atomic E-state index is 12.8. The van der Waals surface area contributed by atoms with Crippen molar-refractivity contribution in [2.24, 2.45) is 9.36 Å². The monoisotopic (exact) mass is 548 g/mol. The molecule has 3 heterocycles. The number of hydrogen-bond donors (Lipinski definition) is 1. The maximum Gasteiger partial charge on any atom is 0.158 e. The molecule has 0 fully saturated rings. The van der Waals surface area contributed by atoms with Gasteiger partial charge in [-0.1, -0.05) is 15.9 Å². The number of hydrogen-bond acceptors (Lipinski definition) is 7. The Morgan fingerprint density at radius 3 is 2.80 bits per heavy atom. The SMILES string of the molecule is C[C@H](N=C1NS(C)(=O)=Nc2c(Br)cc(Br)cc21)c1ncnn1-c1ccc(C#N)cn1. The smallest absolute Gasteiger partial charge is 0.158 e. The number of aromatic nitrogens is 4. The topological polar surface area (TPSA) is 121 Å². The molecular weight excluding hydrogens is 536 g/mol. The molecule has 0 amide bonds. The van der Waals surface area contributed by atoms with Crippen LogP contribution in [0.3, 0.4) is 0 Å². The molecule has 152 valence electrons. The average molecular weight is 550 g/mol. The Labute approximate surface area is 189 Å². The fourth-order valence-corrected chi connectivity index (χ4v) is 5.45. The highest BCUT2D eigenvalue weighted by atomic mass is 79.9. The highest BCUT2D eigenvalue weighted by Gasteiger charge is 2.24. The van der Waals surface area contributed by atoms with Crippen molar-refractivity contribution in [1.82, 2.24) is 24.5 Å². The van der Waals surface area contributed by atoms with Crippen LogP contribution in [0.4, 0.5) is 5.69 Å². The van der Waals surface area contributed by atoms with E-state index in [0.29, 0.717) is 38.8 Å². The maximum absolute atomic E-state index is 12.8. The summed E-state index contributed by atoms with van der Waals surface area (Å²) in [6.07, 6.45) is 4.41. The molecule has 1 aliphatic heterocycles. The van der Waals surface area contributed by atoms with E-state index in [-0.39, 0.29) is 0 Å². The zero-order chi connectivity index (χ0) is 21.5. The molecule has 0 spiro atoms. The standard InChI is InChI=1S/C18H14Br2N8OS/c1-10(18-23-9-24-28(18)15-4-3-11(7-21)8-22-15)25-17-13-5-12(19)6-14(20)16(13)26-30(2,29)27-17/h3-6,8-10H,1-2H3,(H,25,26,27,29)/t10-,30?/m0/s1. The molecule has 30 heavy (non-hydrogen) atoms. The Hall–Kier alpha value is -2.62. The lowest BCUT2D eigenvalue weighted by molar-refractivity contribution is 0.672. The number of pyridine rings is 1. The van der Waals surface area contributed by atoms with E-state index in [0.717, 1.165) is 4.47 Å². The van der Waals surface area contributed by atoms with Gasteiger partial charge in [-0.25, -0.2) is 14.2 Å². The van der Waals surface area contributed by atoms with E-state index in [4.69, 9.17) is 10.3 Å². The lowest BCUT2D eigenvalue weighted by Gasteiger charge is -2.21. The molecule has 1 aliphatic rings. The van der Waals surface area contributed by atoms with Gasteiger partial charge in [-0.15, -0.1) is 0 Å². The van der Waals surface area contributed by atoms with Crippen molar-refractivity contribution in [3.8, 4) is 11.9 Å². The molecule has 0 aliphatic carbocycles. The molecule has 0 radical (unpaired) electrons. The number of aliphatic imine (C=N–C) groups is 1. The van der Waals surface area contributed by atoms with Crippen LogP contribution in [0.2, 0.25) is 0 Å². The van der Waals surface area contributed by atoms with Crippen LogP contribution < -0.4 is 4.72 Å². The molecule has 3 aromatic rings. The summed E-state index contributed by atoms with van der Waals surface area (Å²) in [5.74, 6) is 1.51. The second-order valence-electron chi connectivity index (χ2n) is 6.48. The van der Waals surface area contributed by atoms with E-state index in [2.05, 4.69) is 56.0 Å². The van der Waals surface area contributed by atoms with Gasteiger partial charge in [0.05, 0.1) is 11.3 Å². The number of nitriles is 1. The molecule has 9 nitrogen and oxygen atoms in total. The summed E-state index contributed by atoms with van der Waals surface area (Å²) in [5.41, 5.74) is 1.74. The van der Waals surface area contributed by atoms with Crippen molar-refractivity contribution < 1.29 is 4.21 Å². The van der Waals surface area contributed by atoms with Gasteiger partial charge in [0.15, 0.2) is 11.6 Å². The first-order valence-corrected chi connectivity index (χ1v) is 12.1. The van der Waals surface area contributed by atoms with Crippen LogP contribution in [0.15, 0.2) is 55.1 Å². The van der Waals surface area contributed by atoms with Crippen LogP contribution in [-0.2, 0) is 9.92 Å². The van der Waals surface area contributed by atoms with E-state index in [1.54, 1.807) is 16.8 Å². The lowest BCUT2D eigenvalue weighted by atomic mass is 10.1. The minimum Gasteiger partial charge on any atom is -0.283 e. The fourth-order valence-electron chi connectivity index (χ4n) is 2.91. The Kier molecular flexibility index (Phi) is 5.44. The molecule has 4 rings (SSSR count). The number of nitrogens with zero attached hydrogens (tertiary/aromatic N) is 7. The molecule has 1 aromatic carbocycles. The van der Waals surface area contributed by atoms with E-state index >= 15 is 0 Å². The normalized spacial score (nSPS) is 20.0. The van der Waals surface area contributed by atoms with Gasteiger partial charge >= 0.3 is 0 Å². The van der Waals surface area contributed by atoms with Gasteiger partial charge in [0, 0.05) is 27.0 Å². The zero-order valence-electron chi connectivity index (χ0n) is 15.7. The first-order chi connectivity index (χ1) is 14.3. The third-order valence-electron chi connectivity index (χ3n) is 4.20. The van der Waals surface area contributed by atoms with E-state index in [9.17, 15) is 4.21 Å². The van der Waals surface area contributed by atoms with Gasteiger partial charge in [0.2, 0.25) is 0 Å². The Balaban J connectivity index is 1.77. The summed E-state index contributed by atoms with van der Waals surface area (Å²) in [5, 5.41) is 13.2. The van der Waals surface area contributed by atoms with E-state index in [1.165, 1.54) is 18.8 Å². The van der Waals surface area contributed by atoms with Crippen molar-refractivity contribution in [3.63, 3.8) is 0 Å². The van der Waals surface area contributed by atoms with Crippen LogP contribution in [0.5, 0.6) is 0 Å². The molecule has 1 unspecified atom stereocenters. The number of amidine groups is 1. The zero-order valence-corrected chi connectivity index (χ0v) is 19.7. The second kappa shape index (κ2) is 7.90. The molecule has 0 saturated carbocycles. The molecular formula is C18H14Br2N8OS. The fraction of sp³-hybridized carbons (Fsp3) is 0.167. The number of nitrogens with one attached hydrogen (secondary N) is 1. The Bertz CT molecular complexity index is 1330. The van der Waals surface area contributed by atoms with Crippen molar-refractivity contribution in [1.29, 1.82) is 5.26 Å². The highest BCUT2D eigenvalue weighted by Crippen LogP contribution is 2.36. The molecule has 2 atom stereocenters. The summed E-state index contributed by atoms with van der Waals surface area (Å²) in [6, 6.07) is 8.66. The van der Waals surface area contributed by atoms with Crippen molar-refractivity contribution in [3.05, 3.63) is 62.7 Å². The van der Waals surface area contributed by atoms with E-state index < -0.39 is 16.0 Å². The first kappa shape index (κ1) is 20.6. The third-order valence-corrected chi connectivity index (χ3v) is 6.36. The van der Waals surface area contributed by atoms with Crippen LogP contribution in [-0.4, -0.2) is 36.0 Å². The quantitative estimate of drug-likeness (QED) is 0.532. The minimum atomic E-state index is -2.70. The predicted octanol–water partition coefficient (Wildman–Crippen LogP) is 3.81. The lowest BCUT2D eigenvalue weighted by Crippen LogP contribution is -2.33. The van der Waals surface area contributed by atoms with Gasteiger partial charge < -0.3 is 0 Å². The molecule has 0 bridgehead atoms. The number of halogens is 2. The van der Waals surface area contributed by atoms with Gasteiger partial charge in [-0.2, -0.15) is 19.4 Å².